The third-order valence-corrected chi connectivity index (χ3v) is 6.19. The molecule has 0 bridgehead atoms. The summed E-state index contributed by atoms with van der Waals surface area (Å²) in [5, 5.41) is 1.09. The van der Waals surface area contributed by atoms with Gasteiger partial charge in [0.25, 0.3) is 0 Å². The summed E-state index contributed by atoms with van der Waals surface area (Å²) in [6.07, 6.45) is 0. The number of hydrogen-bond acceptors (Lipinski definition) is 7. The number of fused-ring (bicyclic) bond motifs is 1. The molecular weight excluding hydrogens is 374 g/mol. The third-order valence-electron chi connectivity index (χ3n) is 5.11. The van der Waals surface area contributed by atoms with Crippen LogP contribution in [0.3, 0.4) is 0 Å². The molecule has 0 saturated carbocycles. The lowest BCUT2D eigenvalue weighted by molar-refractivity contribution is 0.245. The van der Waals surface area contributed by atoms with Crippen LogP contribution < -0.4 is 19.1 Å². The monoisotopic (exact) mass is 399 g/mol. The Balaban J connectivity index is 1.42. The van der Waals surface area contributed by atoms with Crippen molar-refractivity contribution in [1.82, 2.24) is 9.88 Å². The maximum atomic E-state index is 5.52. The molecule has 7 heteroatoms. The largest absolute Gasteiger partial charge is 0.497 e. The van der Waals surface area contributed by atoms with E-state index >= 15 is 0 Å². The fourth-order valence-corrected chi connectivity index (χ4v) is 4.54. The number of benzene rings is 2. The van der Waals surface area contributed by atoms with Gasteiger partial charge in [0.2, 0.25) is 0 Å². The second-order valence-corrected chi connectivity index (χ2v) is 7.78. The molecule has 1 aliphatic rings. The molecule has 4 rings (SSSR count). The summed E-state index contributed by atoms with van der Waals surface area (Å²) in [5.74, 6) is 2.64. The lowest BCUT2D eigenvalue weighted by Crippen LogP contribution is -2.45. The average molecular weight is 400 g/mol. The van der Waals surface area contributed by atoms with E-state index in [4.69, 9.17) is 19.2 Å². The number of rotatable bonds is 6. The fraction of sp³-hybridized carbons (Fsp3) is 0.381. The normalized spacial score (nSPS) is 15.0. The first-order chi connectivity index (χ1) is 13.7. The van der Waals surface area contributed by atoms with Crippen molar-refractivity contribution in [3.05, 3.63) is 42.0 Å². The third kappa shape index (κ3) is 3.86. The van der Waals surface area contributed by atoms with Gasteiger partial charge in [-0.2, -0.15) is 0 Å². The van der Waals surface area contributed by atoms with Crippen LogP contribution in [0.15, 0.2) is 36.4 Å². The minimum atomic E-state index is 0.852. The predicted molar refractivity (Wildman–Crippen MR) is 113 cm³/mol. The van der Waals surface area contributed by atoms with Crippen LogP contribution in [0.2, 0.25) is 0 Å². The van der Waals surface area contributed by atoms with E-state index in [1.807, 2.05) is 24.3 Å². The number of anilines is 1. The number of thiazole rings is 1. The molecule has 3 aromatic rings. The van der Waals surface area contributed by atoms with Crippen molar-refractivity contribution in [3.8, 4) is 17.2 Å². The zero-order chi connectivity index (χ0) is 19.5. The molecule has 0 unspecified atom stereocenters. The fourth-order valence-electron chi connectivity index (χ4n) is 3.50. The van der Waals surface area contributed by atoms with E-state index in [2.05, 4.69) is 21.9 Å². The van der Waals surface area contributed by atoms with Gasteiger partial charge in [0.05, 0.1) is 31.5 Å². The Kier molecular flexibility index (Phi) is 5.54. The zero-order valence-electron chi connectivity index (χ0n) is 16.5. The van der Waals surface area contributed by atoms with E-state index in [1.165, 1.54) is 0 Å². The van der Waals surface area contributed by atoms with Crippen LogP contribution in [0.1, 0.15) is 5.56 Å². The van der Waals surface area contributed by atoms with E-state index in [-0.39, 0.29) is 0 Å². The topological polar surface area (TPSA) is 47.1 Å². The summed E-state index contributed by atoms with van der Waals surface area (Å²) in [7, 11) is 5.10. The molecule has 1 saturated heterocycles. The van der Waals surface area contributed by atoms with Crippen molar-refractivity contribution in [2.75, 3.05) is 52.4 Å². The van der Waals surface area contributed by atoms with Crippen molar-refractivity contribution < 1.29 is 14.2 Å². The molecule has 0 spiro atoms. The number of methoxy groups -OCH3 is 3. The highest BCUT2D eigenvalue weighted by Gasteiger charge is 2.21. The predicted octanol–water partition coefficient (Wildman–Crippen LogP) is 3.64. The van der Waals surface area contributed by atoms with Gasteiger partial charge in [0.1, 0.15) is 17.2 Å². The summed E-state index contributed by atoms with van der Waals surface area (Å²) in [4.78, 5) is 9.62. The van der Waals surface area contributed by atoms with Crippen LogP contribution in [0.4, 0.5) is 5.13 Å². The number of hydrogen-bond donors (Lipinski definition) is 0. The van der Waals surface area contributed by atoms with Gasteiger partial charge in [0, 0.05) is 38.3 Å². The van der Waals surface area contributed by atoms with Gasteiger partial charge in [-0.15, -0.1) is 0 Å². The molecule has 148 valence electrons. The average Bonchev–Trinajstić information content (AvgIpc) is 3.17. The van der Waals surface area contributed by atoms with Crippen molar-refractivity contribution in [3.63, 3.8) is 0 Å². The second kappa shape index (κ2) is 8.24. The van der Waals surface area contributed by atoms with Gasteiger partial charge in [0.15, 0.2) is 5.13 Å². The van der Waals surface area contributed by atoms with E-state index in [9.17, 15) is 0 Å². The highest BCUT2D eigenvalue weighted by atomic mass is 32.1. The van der Waals surface area contributed by atoms with E-state index in [0.29, 0.717) is 0 Å². The van der Waals surface area contributed by atoms with Crippen molar-refractivity contribution >= 4 is 26.7 Å². The molecule has 28 heavy (non-hydrogen) atoms. The molecule has 0 radical (unpaired) electrons. The number of ether oxygens (including phenoxy) is 3. The molecule has 0 atom stereocenters. The standard InChI is InChI=1S/C21H25N3O3S/c1-25-16-5-7-19(27-3)15(12-16)14-23-8-10-24(11-9-23)21-22-18-6-4-17(26-2)13-20(18)28-21/h4-7,12-13H,8-11,14H2,1-3H3. The first-order valence-electron chi connectivity index (χ1n) is 9.33. The summed E-state index contributed by atoms with van der Waals surface area (Å²) < 4.78 is 17.4. The van der Waals surface area contributed by atoms with Gasteiger partial charge >= 0.3 is 0 Å². The summed E-state index contributed by atoms with van der Waals surface area (Å²) in [6, 6.07) is 12.0. The van der Waals surface area contributed by atoms with Crippen molar-refractivity contribution in [1.29, 1.82) is 0 Å². The number of aromatic nitrogens is 1. The highest BCUT2D eigenvalue weighted by molar-refractivity contribution is 7.22. The summed E-state index contributed by atoms with van der Waals surface area (Å²) in [6.45, 7) is 4.75. The van der Waals surface area contributed by atoms with Crippen molar-refractivity contribution in [2.45, 2.75) is 6.54 Å². The molecule has 6 nitrogen and oxygen atoms in total. The van der Waals surface area contributed by atoms with Crippen LogP contribution in [-0.2, 0) is 6.54 Å². The Morgan fingerprint density at radius 3 is 2.32 bits per heavy atom. The lowest BCUT2D eigenvalue weighted by atomic mass is 10.1. The Morgan fingerprint density at radius 2 is 1.61 bits per heavy atom. The second-order valence-electron chi connectivity index (χ2n) is 6.77. The first-order valence-corrected chi connectivity index (χ1v) is 10.1. The molecular formula is C21H25N3O3S. The van der Waals surface area contributed by atoms with Crippen LogP contribution >= 0.6 is 11.3 Å². The number of nitrogens with zero attached hydrogens (tertiary/aromatic N) is 3. The summed E-state index contributed by atoms with van der Waals surface area (Å²) in [5.41, 5.74) is 2.19. The Hall–Kier alpha value is -2.51. The molecule has 0 N–H and O–H groups in total. The maximum Gasteiger partial charge on any atom is 0.186 e. The van der Waals surface area contributed by atoms with Gasteiger partial charge < -0.3 is 19.1 Å². The van der Waals surface area contributed by atoms with Crippen LogP contribution in [-0.4, -0.2) is 57.4 Å². The van der Waals surface area contributed by atoms with Crippen LogP contribution in [0.5, 0.6) is 17.2 Å². The smallest absolute Gasteiger partial charge is 0.186 e. The highest BCUT2D eigenvalue weighted by Crippen LogP contribution is 2.32. The Morgan fingerprint density at radius 1 is 0.893 bits per heavy atom. The Bertz CT molecular complexity index is 951. The van der Waals surface area contributed by atoms with Gasteiger partial charge in [-0.05, 0) is 36.4 Å². The van der Waals surface area contributed by atoms with E-state index in [0.717, 1.165) is 70.9 Å². The van der Waals surface area contributed by atoms with E-state index < -0.39 is 0 Å². The zero-order valence-corrected chi connectivity index (χ0v) is 17.3. The first kappa shape index (κ1) is 18.8. The molecule has 0 aliphatic carbocycles. The molecule has 0 amide bonds. The molecule has 2 aromatic carbocycles. The van der Waals surface area contributed by atoms with Crippen LogP contribution in [0.25, 0.3) is 10.2 Å². The quantitative estimate of drug-likeness (QED) is 0.631. The maximum absolute atomic E-state index is 5.52. The molecule has 1 fully saturated rings. The lowest BCUT2D eigenvalue weighted by Gasteiger charge is -2.34. The molecule has 2 heterocycles. The molecule has 1 aliphatic heterocycles. The van der Waals surface area contributed by atoms with Crippen LogP contribution in [0, 0.1) is 0 Å². The van der Waals surface area contributed by atoms with Crippen molar-refractivity contribution in [2.24, 2.45) is 0 Å². The Labute approximate surface area is 169 Å². The SMILES string of the molecule is COc1ccc(OC)c(CN2CCN(c3nc4ccc(OC)cc4s3)CC2)c1. The molecule has 1 aromatic heterocycles. The van der Waals surface area contributed by atoms with Gasteiger partial charge in [-0.25, -0.2) is 4.98 Å². The van der Waals surface area contributed by atoms with E-state index in [1.54, 1.807) is 32.7 Å². The minimum Gasteiger partial charge on any atom is -0.497 e. The number of piperazine rings is 1. The van der Waals surface area contributed by atoms with Gasteiger partial charge in [-0.3, -0.25) is 4.90 Å². The summed E-state index contributed by atoms with van der Waals surface area (Å²) >= 11 is 1.73. The van der Waals surface area contributed by atoms with Gasteiger partial charge in [-0.1, -0.05) is 11.3 Å². The minimum absolute atomic E-state index is 0.852.